The van der Waals surface area contributed by atoms with Crippen molar-refractivity contribution in [2.45, 2.75) is 50.4 Å². The van der Waals surface area contributed by atoms with E-state index >= 15 is 0 Å². The number of rotatable bonds is 4. The van der Waals surface area contributed by atoms with Crippen LogP contribution in [0.1, 0.15) is 44.2 Å². The second-order valence-electron chi connectivity index (χ2n) is 8.75. The van der Waals surface area contributed by atoms with Gasteiger partial charge in [-0.2, -0.15) is 18.2 Å². The van der Waals surface area contributed by atoms with Crippen LogP contribution >= 0.6 is 17.5 Å². The van der Waals surface area contributed by atoms with Crippen LogP contribution in [0.15, 0.2) is 97.1 Å². The van der Waals surface area contributed by atoms with E-state index in [1.54, 1.807) is 0 Å². The second kappa shape index (κ2) is 14.9. The summed E-state index contributed by atoms with van der Waals surface area (Å²) >= 11 is 2.22. The van der Waals surface area contributed by atoms with Crippen LogP contribution in [0.25, 0.3) is 10.8 Å². The number of aliphatic hydroxyl groups excluding tert-OH is 1. The van der Waals surface area contributed by atoms with Gasteiger partial charge in [-0.05, 0) is 37.4 Å². The molecule has 0 radical (unpaired) electrons. The average Bonchev–Trinajstić information content (AvgIpc) is 2.92. The summed E-state index contributed by atoms with van der Waals surface area (Å²) in [5.41, 5.74) is 7.43. The molecule has 0 unspecified atom stereocenters. The maximum absolute atomic E-state index is 10.5. The number of halogens is 1. The predicted octanol–water partition coefficient (Wildman–Crippen LogP) is 6.77. The minimum absolute atomic E-state index is 0.0716. The summed E-state index contributed by atoms with van der Waals surface area (Å²) in [6.07, 6.45) is 4.39. The van der Waals surface area contributed by atoms with Gasteiger partial charge < -0.3 is 10.8 Å². The summed E-state index contributed by atoms with van der Waals surface area (Å²) in [5, 5.41) is 15.7. The number of benzene rings is 4. The molecule has 1 aliphatic rings. The molecule has 35 heavy (non-hydrogen) atoms. The van der Waals surface area contributed by atoms with Gasteiger partial charge in [0, 0.05) is 5.66 Å². The van der Waals surface area contributed by atoms with E-state index < -0.39 is 7.92 Å². The summed E-state index contributed by atoms with van der Waals surface area (Å²) in [4.78, 5) is 0. The molecule has 0 heterocycles. The average molecular weight is 596 g/mol. The molecular formula is C30H33ClNOPPd. The molecule has 3 atom stereocenters. The van der Waals surface area contributed by atoms with Gasteiger partial charge in [0.1, 0.15) is 0 Å². The van der Waals surface area contributed by atoms with Crippen molar-refractivity contribution in [3.63, 3.8) is 0 Å². The summed E-state index contributed by atoms with van der Waals surface area (Å²) in [6, 6.07) is 36.9. The van der Waals surface area contributed by atoms with Crippen LogP contribution in [0, 0.1) is 6.07 Å². The summed E-state index contributed by atoms with van der Waals surface area (Å²) < 4.78 is 0. The standard InChI is InChI=1S/C18H21OP.C12H12N.ClH.Pd/c19-17-13-7-8-14-18(17)20(15-9-3-1-4-10-15)16-11-5-2-6-12-16;1-9(13)11-8-4-6-10-5-2-3-7-12(10)11;;/h1-6,9-12,17-19H,7-8,13-14H2;2-3,5-9H,13H2,1H3;1H;/q;-1;;+2/p-1/t17-,18-;9-;;/m01../s1. The van der Waals surface area contributed by atoms with Gasteiger partial charge in [-0.15, -0.1) is 22.4 Å². The number of aliphatic hydroxyl groups is 1. The molecule has 1 aliphatic carbocycles. The molecule has 5 heteroatoms. The molecule has 5 rings (SSSR count). The SMILES string of the molecule is C[C@@H](N)c1c[c-]cc2ccccc12.O[C@H]1CCCC[C@@H]1P(c1ccccc1)c1ccccc1.[Cl][Pd+]. The Morgan fingerprint density at radius 1 is 0.857 bits per heavy atom. The normalized spacial score (nSPS) is 18.1. The van der Waals surface area contributed by atoms with Crippen molar-refractivity contribution < 1.29 is 23.3 Å². The first-order chi connectivity index (χ1) is 17.1. The Hall–Kier alpha value is -1.56. The maximum atomic E-state index is 10.5. The van der Waals surface area contributed by atoms with E-state index in [9.17, 15) is 5.11 Å². The molecule has 0 spiro atoms. The van der Waals surface area contributed by atoms with E-state index in [0.717, 1.165) is 18.4 Å². The molecule has 1 saturated carbocycles. The molecule has 0 saturated heterocycles. The van der Waals surface area contributed by atoms with Gasteiger partial charge in [0.2, 0.25) is 0 Å². The van der Waals surface area contributed by atoms with Crippen molar-refractivity contribution in [1.29, 1.82) is 0 Å². The fourth-order valence-electron chi connectivity index (χ4n) is 4.66. The second-order valence-corrected chi connectivity index (χ2v) is 11.2. The summed E-state index contributed by atoms with van der Waals surface area (Å²) in [5.74, 6) is 0. The molecular weight excluding hydrogens is 563 g/mol. The van der Waals surface area contributed by atoms with Crippen LogP contribution in [-0.4, -0.2) is 16.9 Å². The zero-order valence-electron chi connectivity index (χ0n) is 20.0. The third-order valence-electron chi connectivity index (χ3n) is 6.33. The zero-order chi connectivity index (χ0) is 25.0. The van der Waals surface area contributed by atoms with Gasteiger partial charge in [-0.1, -0.05) is 98.6 Å². The van der Waals surface area contributed by atoms with Crippen molar-refractivity contribution in [2.24, 2.45) is 5.73 Å². The molecule has 1 fully saturated rings. The fourth-order valence-corrected chi connectivity index (χ4v) is 7.65. The Morgan fingerprint density at radius 2 is 1.40 bits per heavy atom. The van der Waals surface area contributed by atoms with Gasteiger partial charge >= 0.3 is 27.7 Å². The van der Waals surface area contributed by atoms with Crippen molar-refractivity contribution >= 4 is 38.8 Å². The van der Waals surface area contributed by atoms with E-state index in [1.165, 1.54) is 34.2 Å². The Kier molecular flexibility index (Phi) is 11.9. The number of nitrogens with two attached hydrogens (primary N) is 1. The molecule has 3 N–H and O–H groups in total. The predicted molar refractivity (Wildman–Crippen MR) is 149 cm³/mol. The number of fused-ring (bicyclic) bond motifs is 1. The zero-order valence-corrected chi connectivity index (χ0v) is 23.2. The Morgan fingerprint density at radius 3 is 1.97 bits per heavy atom. The van der Waals surface area contributed by atoms with Gasteiger partial charge in [0.15, 0.2) is 0 Å². The van der Waals surface area contributed by atoms with Crippen LogP contribution in [0.3, 0.4) is 0 Å². The van der Waals surface area contributed by atoms with Gasteiger partial charge in [-0.25, -0.2) is 0 Å². The molecule has 2 nitrogen and oxygen atoms in total. The van der Waals surface area contributed by atoms with E-state index in [2.05, 4.69) is 107 Å². The molecule has 4 aromatic carbocycles. The molecule has 0 bridgehead atoms. The molecule has 4 aromatic rings. The van der Waals surface area contributed by atoms with Crippen molar-refractivity contribution in [3.05, 3.63) is 109 Å². The third-order valence-corrected chi connectivity index (χ3v) is 9.31. The van der Waals surface area contributed by atoms with Crippen LogP contribution in [0.5, 0.6) is 0 Å². The minimum atomic E-state index is -0.458. The van der Waals surface area contributed by atoms with E-state index in [-0.39, 0.29) is 12.1 Å². The Bertz CT molecular complexity index is 1100. The van der Waals surface area contributed by atoms with Gasteiger partial charge in [0.25, 0.3) is 0 Å². The van der Waals surface area contributed by atoms with E-state index in [1.807, 2.05) is 31.2 Å². The summed E-state index contributed by atoms with van der Waals surface area (Å²) in [6.45, 7) is 2.00. The number of hydrogen-bond donors (Lipinski definition) is 2. The fraction of sp³-hybridized carbons (Fsp3) is 0.267. The molecule has 0 aromatic heterocycles. The Balaban J connectivity index is 0.000000197. The Labute approximate surface area is 226 Å². The first-order valence-electron chi connectivity index (χ1n) is 12.0. The van der Waals surface area contributed by atoms with Crippen LogP contribution in [0.4, 0.5) is 0 Å². The van der Waals surface area contributed by atoms with Gasteiger partial charge in [-0.3, -0.25) is 0 Å². The van der Waals surface area contributed by atoms with Crippen molar-refractivity contribution in [2.75, 3.05) is 0 Å². The van der Waals surface area contributed by atoms with E-state index in [0.29, 0.717) is 5.66 Å². The first-order valence-corrected chi connectivity index (χ1v) is 15.4. The molecule has 0 amide bonds. The monoisotopic (exact) mass is 595 g/mol. The van der Waals surface area contributed by atoms with Crippen LogP contribution < -0.4 is 16.3 Å². The van der Waals surface area contributed by atoms with Crippen LogP contribution in [-0.2, 0) is 18.2 Å². The quantitative estimate of drug-likeness (QED) is 0.155. The molecule has 186 valence electrons. The first kappa shape index (κ1) is 28.0. The van der Waals surface area contributed by atoms with Crippen molar-refractivity contribution in [1.82, 2.24) is 0 Å². The summed E-state index contributed by atoms with van der Waals surface area (Å²) in [7, 11) is 4.03. The molecule has 0 aliphatic heterocycles. The van der Waals surface area contributed by atoms with Crippen molar-refractivity contribution in [3.8, 4) is 0 Å². The van der Waals surface area contributed by atoms with Gasteiger partial charge in [0.05, 0.1) is 6.10 Å². The van der Waals surface area contributed by atoms with E-state index in [4.69, 9.17) is 5.73 Å². The van der Waals surface area contributed by atoms with Crippen LogP contribution in [0.2, 0.25) is 0 Å². The third kappa shape index (κ3) is 7.71. The number of hydrogen-bond acceptors (Lipinski definition) is 2. The topological polar surface area (TPSA) is 46.2 Å².